The third-order valence-corrected chi connectivity index (χ3v) is 4.12. The van der Waals surface area contributed by atoms with Gasteiger partial charge in [-0.15, -0.1) is 10.2 Å². The third-order valence-electron chi connectivity index (χ3n) is 3.36. The molecule has 0 radical (unpaired) electrons. The van der Waals surface area contributed by atoms with Gasteiger partial charge in [0, 0.05) is 31.4 Å². The second kappa shape index (κ2) is 7.34. The van der Waals surface area contributed by atoms with Crippen molar-refractivity contribution in [2.45, 2.75) is 13.5 Å². The maximum atomic E-state index is 11.9. The number of urea groups is 1. The summed E-state index contributed by atoms with van der Waals surface area (Å²) in [7, 11) is 0. The lowest BCUT2D eigenvalue weighted by Gasteiger charge is -2.29. The number of hydrogen-bond donors (Lipinski definition) is 2. The van der Waals surface area contributed by atoms with Crippen LogP contribution in [0.1, 0.15) is 10.6 Å². The van der Waals surface area contributed by atoms with E-state index in [2.05, 4.69) is 30.7 Å². The van der Waals surface area contributed by atoms with Crippen LogP contribution in [0.2, 0.25) is 0 Å². The molecule has 1 aliphatic heterocycles. The van der Waals surface area contributed by atoms with Gasteiger partial charge < -0.3 is 15.0 Å². The number of morpholine rings is 1. The number of nitrogens with one attached hydrogen (secondary N) is 2. The molecule has 0 spiro atoms. The van der Waals surface area contributed by atoms with Crippen LogP contribution in [0, 0.1) is 6.92 Å². The van der Waals surface area contributed by atoms with Gasteiger partial charge in [-0.3, -0.25) is 5.32 Å². The quantitative estimate of drug-likeness (QED) is 0.878. The summed E-state index contributed by atoms with van der Waals surface area (Å²) in [5, 5.41) is 14.5. The van der Waals surface area contributed by atoms with Crippen molar-refractivity contribution in [3.63, 3.8) is 0 Å². The number of nitrogens with zero attached hydrogens (tertiary/aromatic N) is 4. The van der Waals surface area contributed by atoms with E-state index in [1.54, 1.807) is 6.20 Å². The fourth-order valence-electron chi connectivity index (χ4n) is 2.29. The van der Waals surface area contributed by atoms with Gasteiger partial charge in [-0.05, 0) is 13.0 Å². The summed E-state index contributed by atoms with van der Waals surface area (Å²) in [5.41, 5.74) is 0.970. The molecule has 1 aliphatic rings. The van der Waals surface area contributed by atoms with E-state index in [-0.39, 0.29) is 6.03 Å². The molecule has 2 aromatic rings. The highest BCUT2D eigenvalue weighted by atomic mass is 32.1. The number of aromatic nitrogens is 3. The van der Waals surface area contributed by atoms with Gasteiger partial charge in [-0.2, -0.15) is 0 Å². The van der Waals surface area contributed by atoms with Gasteiger partial charge in [-0.25, -0.2) is 9.78 Å². The van der Waals surface area contributed by atoms with Crippen LogP contribution in [0.5, 0.6) is 0 Å². The maximum Gasteiger partial charge on any atom is 0.321 e. The Bertz CT molecular complexity index is 671. The van der Waals surface area contributed by atoms with Crippen LogP contribution in [0.15, 0.2) is 18.3 Å². The third kappa shape index (κ3) is 4.14. The molecular formula is C14H18N6O2S. The summed E-state index contributed by atoms with van der Waals surface area (Å²) in [6.45, 7) is 5.23. The molecule has 3 rings (SSSR count). The molecule has 2 aromatic heterocycles. The van der Waals surface area contributed by atoms with E-state index in [1.807, 2.05) is 19.1 Å². The Morgan fingerprint density at radius 3 is 2.96 bits per heavy atom. The van der Waals surface area contributed by atoms with Crippen molar-refractivity contribution in [2.75, 3.05) is 36.5 Å². The van der Waals surface area contributed by atoms with Gasteiger partial charge in [0.25, 0.3) is 0 Å². The molecular weight excluding hydrogens is 316 g/mol. The topological polar surface area (TPSA) is 92.3 Å². The average Bonchev–Trinajstić information content (AvgIpc) is 2.99. The smallest absolute Gasteiger partial charge is 0.321 e. The van der Waals surface area contributed by atoms with Crippen LogP contribution in [0.3, 0.4) is 0 Å². The van der Waals surface area contributed by atoms with Crippen LogP contribution in [0.4, 0.5) is 15.7 Å². The molecule has 0 bridgehead atoms. The molecule has 8 nitrogen and oxygen atoms in total. The van der Waals surface area contributed by atoms with Crippen molar-refractivity contribution in [2.24, 2.45) is 0 Å². The van der Waals surface area contributed by atoms with Gasteiger partial charge in [0.15, 0.2) is 0 Å². The van der Waals surface area contributed by atoms with Crippen molar-refractivity contribution in [1.29, 1.82) is 0 Å². The Labute approximate surface area is 137 Å². The summed E-state index contributed by atoms with van der Waals surface area (Å²) < 4.78 is 5.37. The maximum absolute atomic E-state index is 11.9. The Hall–Kier alpha value is -2.26. The summed E-state index contributed by atoms with van der Waals surface area (Å²) in [4.78, 5) is 18.6. The minimum absolute atomic E-state index is 0.307. The predicted octanol–water partition coefficient (Wildman–Crippen LogP) is 1.40. The molecule has 9 heteroatoms. The fourth-order valence-corrected chi connectivity index (χ4v) is 2.88. The Kier molecular flexibility index (Phi) is 4.99. The molecule has 0 unspecified atom stereocenters. The van der Waals surface area contributed by atoms with Crippen molar-refractivity contribution >= 4 is 28.3 Å². The second-order valence-corrected chi connectivity index (χ2v) is 6.20. The van der Waals surface area contributed by atoms with Crippen LogP contribution < -0.4 is 15.5 Å². The Morgan fingerprint density at radius 2 is 2.22 bits per heavy atom. The van der Waals surface area contributed by atoms with E-state index in [0.29, 0.717) is 24.9 Å². The number of amides is 2. The minimum Gasteiger partial charge on any atom is -0.378 e. The molecule has 0 aromatic carbocycles. The van der Waals surface area contributed by atoms with Crippen molar-refractivity contribution in [1.82, 2.24) is 20.5 Å². The minimum atomic E-state index is -0.307. The second-order valence-electron chi connectivity index (χ2n) is 5.02. The Morgan fingerprint density at radius 1 is 1.39 bits per heavy atom. The van der Waals surface area contributed by atoms with Crippen molar-refractivity contribution < 1.29 is 9.53 Å². The van der Waals surface area contributed by atoms with Crippen LogP contribution in [-0.2, 0) is 11.3 Å². The van der Waals surface area contributed by atoms with E-state index in [4.69, 9.17) is 4.74 Å². The normalized spacial score (nSPS) is 14.6. The first-order valence-electron chi connectivity index (χ1n) is 7.34. The molecule has 2 N–H and O–H groups in total. The van der Waals surface area contributed by atoms with Gasteiger partial charge in [-0.1, -0.05) is 17.4 Å². The van der Waals surface area contributed by atoms with E-state index < -0.39 is 0 Å². The van der Waals surface area contributed by atoms with Gasteiger partial charge in [0.1, 0.15) is 10.8 Å². The number of aryl methyl sites for hydroxylation is 1. The molecule has 0 saturated carbocycles. The number of anilines is 2. The largest absolute Gasteiger partial charge is 0.378 e. The number of pyridine rings is 1. The van der Waals surface area contributed by atoms with Crippen LogP contribution >= 0.6 is 11.3 Å². The van der Waals surface area contributed by atoms with Gasteiger partial charge in [0.2, 0.25) is 5.13 Å². The van der Waals surface area contributed by atoms with E-state index in [0.717, 1.165) is 29.5 Å². The fraction of sp³-hybridized carbons (Fsp3) is 0.429. The van der Waals surface area contributed by atoms with Gasteiger partial charge >= 0.3 is 6.03 Å². The number of carbonyl (C=O) groups is 1. The molecule has 1 saturated heterocycles. The summed E-state index contributed by atoms with van der Waals surface area (Å²) in [6.07, 6.45) is 1.76. The molecule has 2 amide bonds. The van der Waals surface area contributed by atoms with E-state index in [9.17, 15) is 4.79 Å². The first-order valence-corrected chi connectivity index (χ1v) is 8.15. The van der Waals surface area contributed by atoms with Crippen molar-refractivity contribution in [3.8, 4) is 0 Å². The number of ether oxygens (including phenoxy) is 1. The summed E-state index contributed by atoms with van der Waals surface area (Å²) in [6, 6.07) is 3.53. The zero-order chi connectivity index (χ0) is 16.1. The highest BCUT2D eigenvalue weighted by molar-refractivity contribution is 7.15. The van der Waals surface area contributed by atoms with E-state index >= 15 is 0 Å². The number of hydrogen-bond acceptors (Lipinski definition) is 7. The summed E-state index contributed by atoms with van der Waals surface area (Å²) >= 11 is 1.33. The lowest BCUT2D eigenvalue weighted by atomic mass is 10.2. The van der Waals surface area contributed by atoms with Gasteiger partial charge in [0.05, 0.1) is 13.2 Å². The summed E-state index contributed by atoms with van der Waals surface area (Å²) in [5.74, 6) is 0.892. The molecule has 0 aliphatic carbocycles. The monoisotopic (exact) mass is 334 g/mol. The standard InChI is InChI=1S/C14H18N6O2S/c1-10-18-19-14(23-10)17-13(21)16-9-11-3-2-4-15-12(11)20-5-7-22-8-6-20/h2-4H,5-9H2,1H3,(H2,16,17,19,21). The SMILES string of the molecule is Cc1nnc(NC(=O)NCc2cccnc2N2CCOCC2)s1. The molecule has 3 heterocycles. The molecule has 1 fully saturated rings. The predicted molar refractivity (Wildman–Crippen MR) is 87.8 cm³/mol. The van der Waals surface area contributed by atoms with Crippen molar-refractivity contribution in [3.05, 3.63) is 28.9 Å². The zero-order valence-corrected chi connectivity index (χ0v) is 13.6. The van der Waals surface area contributed by atoms with Crippen LogP contribution in [0.25, 0.3) is 0 Å². The zero-order valence-electron chi connectivity index (χ0n) is 12.8. The first-order chi connectivity index (χ1) is 11.2. The highest BCUT2D eigenvalue weighted by Gasteiger charge is 2.16. The lowest BCUT2D eigenvalue weighted by Crippen LogP contribution is -2.38. The molecule has 122 valence electrons. The molecule has 0 atom stereocenters. The van der Waals surface area contributed by atoms with E-state index in [1.165, 1.54) is 11.3 Å². The lowest BCUT2D eigenvalue weighted by molar-refractivity contribution is 0.122. The number of carbonyl (C=O) groups excluding carboxylic acids is 1. The Balaban J connectivity index is 1.60. The highest BCUT2D eigenvalue weighted by Crippen LogP contribution is 2.18. The molecule has 23 heavy (non-hydrogen) atoms. The average molecular weight is 334 g/mol. The number of rotatable bonds is 4. The van der Waals surface area contributed by atoms with Crippen LogP contribution in [-0.4, -0.2) is 47.5 Å². The first kappa shape index (κ1) is 15.6.